The molecule has 1 fully saturated rings. The molecule has 0 amide bonds. The second kappa shape index (κ2) is 7.54. The fourth-order valence-electron chi connectivity index (χ4n) is 3.66. The molecule has 5 nitrogen and oxygen atoms in total. The van der Waals surface area contributed by atoms with E-state index in [1.807, 2.05) is 11.9 Å². The molecule has 1 aliphatic rings. The zero-order valence-electron chi connectivity index (χ0n) is 15.4. The summed E-state index contributed by atoms with van der Waals surface area (Å²) in [7, 11) is 0. The summed E-state index contributed by atoms with van der Waals surface area (Å²) in [5, 5.41) is 0. The number of aromatic nitrogens is 2. The SMILES string of the molecule is C[C@@]1(c2ccc(C(F)(F)F)cc2)CCN(CCCn2cc(F)c(=O)[nH]c2=O)C1. The number of benzene rings is 1. The van der Waals surface area contributed by atoms with E-state index in [2.05, 4.69) is 4.90 Å². The summed E-state index contributed by atoms with van der Waals surface area (Å²) >= 11 is 0. The number of likely N-dealkylation sites (tertiary alicyclic amines) is 1. The van der Waals surface area contributed by atoms with E-state index < -0.39 is 28.8 Å². The fourth-order valence-corrected chi connectivity index (χ4v) is 3.66. The van der Waals surface area contributed by atoms with Gasteiger partial charge in [-0.15, -0.1) is 0 Å². The maximum atomic E-state index is 13.3. The van der Waals surface area contributed by atoms with Crippen molar-refractivity contribution >= 4 is 0 Å². The van der Waals surface area contributed by atoms with Crippen molar-refractivity contribution in [3.63, 3.8) is 0 Å². The van der Waals surface area contributed by atoms with E-state index in [0.717, 1.165) is 41.4 Å². The first-order valence-corrected chi connectivity index (χ1v) is 8.98. The van der Waals surface area contributed by atoms with E-state index in [0.29, 0.717) is 19.5 Å². The highest BCUT2D eigenvalue weighted by Gasteiger charge is 2.36. The van der Waals surface area contributed by atoms with Gasteiger partial charge in [-0.1, -0.05) is 19.1 Å². The number of nitrogens with zero attached hydrogens (tertiary/aromatic N) is 2. The molecule has 1 aromatic carbocycles. The smallest absolute Gasteiger partial charge is 0.302 e. The first-order valence-electron chi connectivity index (χ1n) is 8.98. The Balaban J connectivity index is 1.58. The average Bonchev–Trinajstić information content (AvgIpc) is 3.01. The summed E-state index contributed by atoms with van der Waals surface area (Å²) in [6.45, 7) is 4.42. The van der Waals surface area contributed by atoms with Gasteiger partial charge in [0.05, 0.1) is 11.8 Å². The van der Waals surface area contributed by atoms with Crippen LogP contribution in [-0.2, 0) is 18.1 Å². The van der Waals surface area contributed by atoms with Crippen molar-refractivity contribution in [3.8, 4) is 0 Å². The van der Waals surface area contributed by atoms with Crippen LogP contribution < -0.4 is 11.2 Å². The molecule has 152 valence electrons. The Morgan fingerprint density at radius 2 is 1.82 bits per heavy atom. The van der Waals surface area contributed by atoms with Crippen molar-refractivity contribution in [3.05, 3.63) is 68.2 Å². The number of halogens is 4. The fraction of sp³-hybridized carbons (Fsp3) is 0.474. The number of nitrogens with one attached hydrogen (secondary N) is 1. The second-order valence-corrected chi connectivity index (χ2v) is 7.45. The number of aromatic amines is 1. The van der Waals surface area contributed by atoms with E-state index in [4.69, 9.17) is 0 Å². The van der Waals surface area contributed by atoms with Crippen molar-refractivity contribution in [2.24, 2.45) is 0 Å². The standard InChI is InChI=1S/C19H21F4N3O2/c1-18(13-3-5-14(6-4-13)19(21,22)23)7-10-25(12-18)8-2-9-26-11-15(20)16(27)24-17(26)28/h3-6,11H,2,7-10,12H2,1H3,(H,24,27,28)/t18-/m1/s1. The van der Waals surface area contributed by atoms with Crippen molar-refractivity contribution in [2.75, 3.05) is 19.6 Å². The predicted molar refractivity (Wildman–Crippen MR) is 95.8 cm³/mol. The summed E-state index contributed by atoms with van der Waals surface area (Å²) < 4.78 is 52.6. The van der Waals surface area contributed by atoms with Gasteiger partial charge in [0.15, 0.2) is 0 Å². The van der Waals surface area contributed by atoms with Crippen LogP contribution in [0.4, 0.5) is 17.6 Å². The molecule has 0 unspecified atom stereocenters. The van der Waals surface area contributed by atoms with Gasteiger partial charge in [-0.3, -0.25) is 14.3 Å². The molecule has 2 aromatic rings. The van der Waals surface area contributed by atoms with E-state index in [1.165, 1.54) is 12.1 Å². The van der Waals surface area contributed by atoms with Crippen molar-refractivity contribution in [1.82, 2.24) is 14.5 Å². The molecule has 0 spiro atoms. The lowest BCUT2D eigenvalue weighted by Crippen LogP contribution is -2.33. The molecule has 1 N–H and O–H groups in total. The van der Waals surface area contributed by atoms with Gasteiger partial charge >= 0.3 is 11.9 Å². The molecule has 0 bridgehead atoms. The lowest BCUT2D eigenvalue weighted by atomic mass is 9.81. The molecule has 1 aliphatic heterocycles. The van der Waals surface area contributed by atoms with Gasteiger partial charge in [-0.25, -0.2) is 4.79 Å². The lowest BCUT2D eigenvalue weighted by Gasteiger charge is -2.26. The highest BCUT2D eigenvalue weighted by atomic mass is 19.4. The molecule has 3 rings (SSSR count). The topological polar surface area (TPSA) is 58.1 Å². The molecule has 1 atom stereocenters. The average molecular weight is 399 g/mol. The Kier molecular flexibility index (Phi) is 5.47. The second-order valence-electron chi connectivity index (χ2n) is 7.45. The minimum atomic E-state index is -4.35. The van der Waals surface area contributed by atoms with Crippen LogP contribution in [0.1, 0.15) is 30.9 Å². The number of hydrogen-bond donors (Lipinski definition) is 1. The number of hydrogen-bond acceptors (Lipinski definition) is 3. The maximum absolute atomic E-state index is 13.3. The summed E-state index contributed by atoms with van der Waals surface area (Å²) in [5.74, 6) is -1.00. The Bertz CT molecular complexity index is 949. The van der Waals surface area contributed by atoms with Crippen LogP contribution in [0.15, 0.2) is 40.1 Å². The van der Waals surface area contributed by atoms with Crippen LogP contribution in [0.25, 0.3) is 0 Å². The highest BCUT2D eigenvalue weighted by molar-refractivity contribution is 5.31. The molecule has 1 aromatic heterocycles. The number of H-pyrrole nitrogens is 1. The van der Waals surface area contributed by atoms with E-state index in [-0.39, 0.29) is 12.0 Å². The van der Waals surface area contributed by atoms with Crippen LogP contribution in [0, 0.1) is 5.82 Å². The number of alkyl halides is 3. The summed E-state index contributed by atoms with van der Waals surface area (Å²) in [6.07, 6.45) is -2.06. The van der Waals surface area contributed by atoms with E-state index >= 15 is 0 Å². The third-order valence-electron chi connectivity index (χ3n) is 5.30. The quantitative estimate of drug-likeness (QED) is 0.787. The molecule has 0 radical (unpaired) electrons. The molecular formula is C19H21F4N3O2. The predicted octanol–water partition coefficient (Wildman–Crippen LogP) is 2.75. The van der Waals surface area contributed by atoms with Gasteiger partial charge < -0.3 is 4.90 Å². The third-order valence-corrected chi connectivity index (χ3v) is 5.30. The van der Waals surface area contributed by atoms with Gasteiger partial charge in [-0.2, -0.15) is 17.6 Å². The minimum Gasteiger partial charge on any atom is -0.302 e. The van der Waals surface area contributed by atoms with Gasteiger partial charge in [0.1, 0.15) is 0 Å². The van der Waals surface area contributed by atoms with Gasteiger partial charge in [-0.05, 0) is 43.6 Å². The molecule has 2 heterocycles. The first kappa shape index (κ1) is 20.3. The van der Waals surface area contributed by atoms with Crippen LogP contribution >= 0.6 is 0 Å². The van der Waals surface area contributed by atoms with Crippen LogP contribution in [0.2, 0.25) is 0 Å². The molecule has 9 heteroatoms. The summed E-state index contributed by atoms with van der Waals surface area (Å²) in [5.41, 5.74) is -1.73. The van der Waals surface area contributed by atoms with E-state index in [9.17, 15) is 27.2 Å². The molecular weight excluding hydrogens is 378 g/mol. The Hall–Kier alpha value is -2.42. The normalized spacial score (nSPS) is 20.6. The first-order chi connectivity index (χ1) is 13.1. The van der Waals surface area contributed by atoms with Gasteiger partial charge in [0.25, 0.3) is 5.56 Å². The minimum absolute atomic E-state index is 0.245. The van der Waals surface area contributed by atoms with Crippen LogP contribution in [0.5, 0.6) is 0 Å². The highest BCUT2D eigenvalue weighted by Crippen LogP contribution is 2.36. The molecule has 28 heavy (non-hydrogen) atoms. The zero-order valence-corrected chi connectivity index (χ0v) is 15.4. The van der Waals surface area contributed by atoms with Crippen molar-refractivity contribution < 1.29 is 17.6 Å². The molecule has 0 saturated carbocycles. The van der Waals surface area contributed by atoms with E-state index in [1.54, 1.807) is 0 Å². The summed E-state index contributed by atoms with van der Waals surface area (Å²) in [4.78, 5) is 26.8. The third kappa shape index (κ3) is 4.35. The Morgan fingerprint density at radius 1 is 1.14 bits per heavy atom. The van der Waals surface area contributed by atoms with Crippen molar-refractivity contribution in [2.45, 2.75) is 37.9 Å². The zero-order chi connectivity index (χ0) is 20.5. The lowest BCUT2D eigenvalue weighted by molar-refractivity contribution is -0.137. The van der Waals surface area contributed by atoms with Gasteiger partial charge in [0, 0.05) is 18.5 Å². The molecule has 1 saturated heterocycles. The monoisotopic (exact) mass is 399 g/mol. The Labute approximate surface area is 158 Å². The Morgan fingerprint density at radius 3 is 2.46 bits per heavy atom. The number of rotatable bonds is 5. The van der Waals surface area contributed by atoms with Crippen LogP contribution in [0.3, 0.4) is 0 Å². The van der Waals surface area contributed by atoms with Crippen molar-refractivity contribution in [1.29, 1.82) is 0 Å². The summed E-state index contributed by atoms with van der Waals surface area (Å²) in [6, 6.07) is 5.30. The maximum Gasteiger partial charge on any atom is 0.416 e. The largest absolute Gasteiger partial charge is 0.416 e. The van der Waals surface area contributed by atoms with Gasteiger partial charge in [0.2, 0.25) is 5.82 Å². The van der Waals surface area contributed by atoms with Crippen LogP contribution in [-0.4, -0.2) is 34.1 Å². The molecule has 0 aliphatic carbocycles. The number of aryl methyl sites for hydroxylation is 1.